The summed E-state index contributed by atoms with van der Waals surface area (Å²) in [6.07, 6.45) is 0. The SMILES string of the molecule is O=C(O)[C@H]1CSCN1C(=O)c1ccc(Cl)c(C#Cc2ccccc2)c1. The van der Waals surface area contributed by atoms with Crippen LogP contribution in [-0.2, 0) is 4.79 Å². The number of rotatable bonds is 2. The molecule has 1 heterocycles. The molecule has 1 aliphatic heterocycles. The molecule has 1 fully saturated rings. The van der Waals surface area contributed by atoms with E-state index in [9.17, 15) is 14.7 Å². The van der Waals surface area contributed by atoms with Crippen molar-refractivity contribution in [2.24, 2.45) is 0 Å². The Balaban J connectivity index is 1.88. The van der Waals surface area contributed by atoms with Crippen molar-refractivity contribution in [2.45, 2.75) is 6.04 Å². The number of hydrogen-bond acceptors (Lipinski definition) is 3. The molecular weight excluding hydrogens is 358 g/mol. The van der Waals surface area contributed by atoms with Crippen molar-refractivity contribution < 1.29 is 14.7 Å². The first-order valence-corrected chi connectivity index (χ1v) is 9.07. The van der Waals surface area contributed by atoms with Crippen molar-refractivity contribution in [3.63, 3.8) is 0 Å². The molecule has 1 amide bonds. The summed E-state index contributed by atoms with van der Waals surface area (Å²) >= 11 is 7.61. The zero-order chi connectivity index (χ0) is 17.8. The van der Waals surface area contributed by atoms with Gasteiger partial charge in [-0.25, -0.2) is 4.79 Å². The second-order valence-electron chi connectivity index (χ2n) is 5.44. The lowest BCUT2D eigenvalue weighted by atomic mass is 10.1. The maximum atomic E-state index is 12.7. The third kappa shape index (κ3) is 3.98. The summed E-state index contributed by atoms with van der Waals surface area (Å²) in [7, 11) is 0. The van der Waals surface area contributed by atoms with Crippen molar-refractivity contribution >= 4 is 35.2 Å². The van der Waals surface area contributed by atoms with E-state index in [0.717, 1.165) is 5.56 Å². The standard InChI is InChI=1S/C19H14ClNO3S/c20-16-9-8-15(18(22)21-12-25-11-17(21)19(23)24)10-14(16)7-6-13-4-2-1-3-5-13/h1-5,8-10,17H,11-12H2,(H,23,24)/t17-/m1/s1. The summed E-state index contributed by atoms with van der Waals surface area (Å²) in [5.41, 5.74) is 1.77. The van der Waals surface area contributed by atoms with Gasteiger partial charge in [0, 0.05) is 22.4 Å². The van der Waals surface area contributed by atoms with Crippen LogP contribution in [0.3, 0.4) is 0 Å². The van der Waals surface area contributed by atoms with Crippen molar-refractivity contribution in [2.75, 3.05) is 11.6 Å². The first-order chi connectivity index (χ1) is 12.1. The van der Waals surface area contributed by atoms with Crippen LogP contribution in [0.2, 0.25) is 5.02 Å². The summed E-state index contributed by atoms with van der Waals surface area (Å²) in [6.45, 7) is 0. The van der Waals surface area contributed by atoms with Crippen LogP contribution in [0.5, 0.6) is 0 Å². The van der Waals surface area contributed by atoms with Crippen LogP contribution in [-0.4, -0.2) is 39.6 Å². The summed E-state index contributed by atoms with van der Waals surface area (Å²) < 4.78 is 0. The molecule has 1 atom stereocenters. The van der Waals surface area contributed by atoms with Gasteiger partial charge in [-0.3, -0.25) is 4.79 Å². The molecule has 1 N–H and O–H groups in total. The number of carbonyl (C=O) groups is 2. The molecule has 0 unspecified atom stereocenters. The van der Waals surface area contributed by atoms with Crippen molar-refractivity contribution in [1.82, 2.24) is 4.90 Å². The summed E-state index contributed by atoms with van der Waals surface area (Å²) in [6, 6.07) is 13.5. The van der Waals surface area contributed by atoms with Gasteiger partial charge < -0.3 is 10.0 Å². The highest BCUT2D eigenvalue weighted by Crippen LogP contribution is 2.25. The molecule has 4 nitrogen and oxygen atoms in total. The molecule has 0 bridgehead atoms. The van der Waals surface area contributed by atoms with Gasteiger partial charge >= 0.3 is 5.97 Å². The van der Waals surface area contributed by atoms with E-state index in [-0.39, 0.29) is 5.91 Å². The Morgan fingerprint density at radius 2 is 1.92 bits per heavy atom. The monoisotopic (exact) mass is 371 g/mol. The topological polar surface area (TPSA) is 57.6 Å². The van der Waals surface area contributed by atoms with Gasteiger partial charge in [-0.15, -0.1) is 11.8 Å². The molecule has 2 aromatic rings. The Morgan fingerprint density at radius 1 is 1.16 bits per heavy atom. The molecule has 0 aromatic heterocycles. The summed E-state index contributed by atoms with van der Waals surface area (Å²) in [4.78, 5) is 25.3. The van der Waals surface area contributed by atoms with Crippen LogP contribution < -0.4 is 0 Å². The predicted molar refractivity (Wildman–Crippen MR) is 98.8 cm³/mol. The van der Waals surface area contributed by atoms with E-state index in [4.69, 9.17) is 11.6 Å². The molecule has 0 saturated carbocycles. The lowest BCUT2D eigenvalue weighted by Gasteiger charge is -2.20. The maximum Gasteiger partial charge on any atom is 0.327 e. The number of benzene rings is 2. The predicted octanol–water partition coefficient (Wildman–Crippen LogP) is 3.34. The van der Waals surface area contributed by atoms with Crippen molar-refractivity contribution in [3.8, 4) is 11.8 Å². The smallest absolute Gasteiger partial charge is 0.327 e. The third-order valence-corrected chi connectivity index (χ3v) is 5.10. The minimum absolute atomic E-state index is 0.322. The largest absolute Gasteiger partial charge is 0.480 e. The van der Waals surface area contributed by atoms with Crippen molar-refractivity contribution in [1.29, 1.82) is 0 Å². The zero-order valence-electron chi connectivity index (χ0n) is 13.1. The molecule has 25 heavy (non-hydrogen) atoms. The van der Waals surface area contributed by atoms with Crippen molar-refractivity contribution in [3.05, 3.63) is 70.2 Å². The first kappa shape index (κ1) is 17.4. The maximum absolute atomic E-state index is 12.7. The first-order valence-electron chi connectivity index (χ1n) is 7.54. The highest BCUT2D eigenvalue weighted by atomic mass is 35.5. The number of aliphatic carboxylic acids is 1. The van der Waals surface area contributed by atoms with Gasteiger partial charge in [0.2, 0.25) is 0 Å². The van der Waals surface area contributed by atoms with Crippen LogP contribution in [0.1, 0.15) is 21.5 Å². The average Bonchev–Trinajstić information content (AvgIpc) is 3.11. The van der Waals surface area contributed by atoms with Gasteiger partial charge in [-0.2, -0.15) is 0 Å². The van der Waals surface area contributed by atoms with Gasteiger partial charge in [0.15, 0.2) is 0 Å². The average molecular weight is 372 g/mol. The fourth-order valence-electron chi connectivity index (χ4n) is 2.43. The Hall–Kier alpha value is -2.42. The molecule has 1 aliphatic rings. The molecule has 2 aromatic carbocycles. The van der Waals surface area contributed by atoms with Gasteiger partial charge in [0.05, 0.1) is 10.9 Å². The lowest BCUT2D eigenvalue weighted by Crippen LogP contribution is -2.41. The van der Waals surface area contributed by atoms with E-state index in [1.165, 1.54) is 16.7 Å². The van der Waals surface area contributed by atoms with Crippen LogP contribution in [0.25, 0.3) is 0 Å². The quantitative estimate of drug-likeness (QED) is 0.822. The fraction of sp³-hybridized carbons (Fsp3) is 0.158. The normalized spacial score (nSPS) is 16.2. The van der Waals surface area contributed by atoms with Crippen LogP contribution in [0, 0.1) is 11.8 Å². The minimum atomic E-state index is -0.989. The highest BCUT2D eigenvalue weighted by Gasteiger charge is 2.35. The molecular formula is C19H14ClNO3S. The second kappa shape index (κ2) is 7.64. The fourth-order valence-corrected chi connectivity index (χ4v) is 3.74. The Kier molecular flexibility index (Phi) is 5.32. The molecule has 0 spiro atoms. The van der Waals surface area contributed by atoms with Gasteiger partial charge in [-0.05, 0) is 30.3 Å². The van der Waals surface area contributed by atoms with E-state index in [2.05, 4.69) is 11.8 Å². The van der Waals surface area contributed by atoms with E-state index in [1.54, 1.807) is 18.2 Å². The number of nitrogens with zero attached hydrogens (tertiary/aromatic N) is 1. The van der Waals surface area contributed by atoms with Gasteiger partial charge in [0.1, 0.15) is 6.04 Å². The number of carbonyl (C=O) groups excluding carboxylic acids is 1. The van der Waals surface area contributed by atoms with E-state index in [0.29, 0.717) is 27.8 Å². The molecule has 0 aliphatic carbocycles. The number of amides is 1. The number of carboxylic acid groups (broad SMARTS) is 1. The minimum Gasteiger partial charge on any atom is -0.480 e. The molecule has 1 saturated heterocycles. The van der Waals surface area contributed by atoms with Crippen LogP contribution >= 0.6 is 23.4 Å². The molecule has 126 valence electrons. The van der Waals surface area contributed by atoms with E-state index in [1.807, 2.05) is 30.3 Å². The number of thioether (sulfide) groups is 1. The highest BCUT2D eigenvalue weighted by molar-refractivity contribution is 7.99. The Bertz CT molecular complexity index is 873. The Labute approximate surface area is 154 Å². The van der Waals surface area contributed by atoms with Crippen LogP contribution in [0.15, 0.2) is 48.5 Å². The van der Waals surface area contributed by atoms with Gasteiger partial charge in [0.25, 0.3) is 5.91 Å². The number of hydrogen-bond donors (Lipinski definition) is 1. The molecule has 6 heteroatoms. The Morgan fingerprint density at radius 3 is 2.64 bits per heavy atom. The summed E-state index contributed by atoms with van der Waals surface area (Å²) in [5, 5.41) is 9.69. The molecule has 3 rings (SSSR count). The number of halogens is 1. The van der Waals surface area contributed by atoms with Gasteiger partial charge in [-0.1, -0.05) is 41.6 Å². The molecule has 0 radical (unpaired) electrons. The third-order valence-electron chi connectivity index (χ3n) is 3.76. The second-order valence-corrected chi connectivity index (χ2v) is 6.85. The van der Waals surface area contributed by atoms with E-state index < -0.39 is 12.0 Å². The van der Waals surface area contributed by atoms with Crippen LogP contribution in [0.4, 0.5) is 0 Å². The lowest BCUT2D eigenvalue weighted by molar-refractivity contribution is -0.140. The zero-order valence-corrected chi connectivity index (χ0v) is 14.7. The summed E-state index contributed by atoms with van der Waals surface area (Å²) in [5.74, 6) is 5.43. The number of carboxylic acids is 1. The van der Waals surface area contributed by atoms with E-state index >= 15 is 0 Å².